The number of carbonyl (C=O) groups excluding carboxylic acids is 3. The Balaban J connectivity index is 4.25. The Hall–Kier alpha value is -3.93. The number of carbonyl (C=O) groups is 3. The van der Waals surface area contributed by atoms with Crippen molar-refractivity contribution < 1.29 is 28.6 Å². The fraction of sp³-hybridized carbons (Fsp3) is 0.712. The van der Waals surface area contributed by atoms with Crippen LogP contribution in [-0.4, -0.2) is 37.2 Å². The van der Waals surface area contributed by atoms with Crippen molar-refractivity contribution in [1.29, 1.82) is 0 Å². The number of unbranched alkanes of at least 4 members (excludes halogenated alkanes) is 31. The van der Waals surface area contributed by atoms with Gasteiger partial charge in [-0.3, -0.25) is 14.4 Å². The molecule has 0 spiro atoms. The maximum absolute atomic E-state index is 12.9. The van der Waals surface area contributed by atoms with Crippen LogP contribution in [0, 0.1) is 0 Å². The molecule has 6 heteroatoms. The van der Waals surface area contributed by atoms with Crippen molar-refractivity contribution in [3.8, 4) is 0 Å². The highest BCUT2D eigenvalue weighted by Gasteiger charge is 2.19. The molecule has 0 aromatic heterocycles. The highest BCUT2D eigenvalue weighted by Crippen LogP contribution is 2.18. The maximum Gasteiger partial charge on any atom is 0.306 e. The molecule has 1 unspecified atom stereocenters. The molecule has 0 amide bonds. The second kappa shape index (κ2) is 66.6. The van der Waals surface area contributed by atoms with Gasteiger partial charge >= 0.3 is 17.9 Å². The van der Waals surface area contributed by atoms with E-state index in [4.69, 9.17) is 14.2 Å². The highest BCUT2D eigenvalue weighted by atomic mass is 16.6. The van der Waals surface area contributed by atoms with Crippen molar-refractivity contribution in [2.75, 3.05) is 13.2 Å². The van der Waals surface area contributed by atoms with Crippen LogP contribution in [-0.2, 0) is 28.6 Å². The molecular weight excluding hydrogens is 973 g/mol. The fourth-order valence-corrected chi connectivity index (χ4v) is 9.38. The van der Waals surface area contributed by atoms with Gasteiger partial charge in [0.2, 0.25) is 0 Å². The molecule has 0 rings (SSSR count). The molecule has 6 nitrogen and oxygen atoms in total. The summed E-state index contributed by atoms with van der Waals surface area (Å²) in [6.45, 7) is 6.33. The molecule has 0 heterocycles. The molecule has 0 aromatic rings. The van der Waals surface area contributed by atoms with Crippen LogP contribution in [0.15, 0.2) is 109 Å². The van der Waals surface area contributed by atoms with Crippen LogP contribution in [0.3, 0.4) is 0 Å². The number of allylic oxidation sites excluding steroid dienone is 18. The van der Waals surface area contributed by atoms with Crippen molar-refractivity contribution in [2.24, 2.45) is 0 Å². The monoisotopic (exact) mass is 1100 g/mol. The smallest absolute Gasteiger partial charge is 0.306 e. The van der Waals surface area contributed by atoms with Gasteiger partial charge in [-0.1, -0.05) is 323 Å². The normalized spacial score (nSPS) is 12.8. The number of esters is 3. The molecule has 0 N–H and O–H groups in total. The fourth-order valence-electron chi connectivity index (χ4n) is 9.38. The maximum atomic E-state index is 12.9. The average molecular weight is 1100 g/mol. The first-order chi connectivity index (χ1) is 39.0. The molecular formula is C73H124O6. The van der Waals surface area contributed by atoms with Gasteiger partial charge in [-0.15, -0.1) is 0 Å². The first-order valence-electron chi connectivity index (χ1n) is 33.4. The second-order valence-electron chi connectivity index (χ2n) is 22.0. The summed E-state index contributed by atoms with van der Waals surface area (Å²) in [5.41, 5.74) is 0. The van der Waals surface area contributed by atoms with E-state index < -0.39 is 6.10 Å². The third kappa shape index (κ3) is 64.8. The summed E-state index contributed by atoms with van der Waals surface area (Å²) in [5.74, 6) is -1.06. The quantitative estimate of drug-likeness (QED) is 0.0261. The summed E-state index contributed by atoms with van der Waals surface area (Å²) in [6, 6.07) is 0. The van der Waals surface area contributed by atoms with Crippen molar-refractivity contribution >= 4 is 17.9 Å². The van der Waals surface area contributed by atoms with Gasteiger partial charge in [0.15, 0.2) is 6.10 Å². The van der Waals surface area contributed by atoms with E-state index in [1.165, 1.54) is 180 Å². The summed E-state index contributed by atoms with van der Waals surface area (Å²) in [7, 11) is 0. The number of ether oxygens (including phenoxy) is 3. The second-order valence-corrected chi connectivity index (χ2v) is 22.0. The number of hydrogen-bond donors (Lipinski definition) is 0. The van der Waals surface area contributed by atoms with E-state index in [2.05, 4.69) is 118 Å². The largest absolute Gasteiger partial charge is 0.462 e. The Morgan fingerprint density at radius 2 is 0.519 bits per heavy atom. The van der Waals surface area contributed by atoms with Crippen LogP contribution >= 0.6 is 0 Å². The molecule has 0 aliphatic rings. The third-order valence-corrected chi connectivity index (χ3v) is 14.3. The summed E-state index contributed by atoms with van der Waals surface area (Å²) in [5, 5.41) is 0. The highest BCUT2D eigenvalue weighted by molar-refractivity contribution is 5.71. The van der Waals surface area contributed by atoms with Crippen molar-refractivity contribution in [3.05, 3.63) is 109 Å². The Labute approximate surface area is 489 Å². The molecule has 0 saturated heterocycles. The number of hydrogen-bond acceptors (Lipinski definition) is 6. The minimum absolute atomic E-state index is 0.122. The van der Waals surface area contributed by atoms with Crippen LogP contribution in [0.4, 0.5) is 0 Å². The first kappa shape index (κ1) is 75.1. The lowest BCUT2D eigenvalue weighted by Crippen LogP contribution is -2.30. The summed E-state index contributed by atoms with van der Waals surface area (Å²) in [6.07, 6.45) is 91.6. The molecule has 79 heavy (non-hydrogen) atoms. The van der Waals surface area contributed by atoms with Gasteiger partial charge in [0, 0.05) is 19.3 Å². The molecule has 1 atom stereocenters. The Morgan fingerprint density at radius 1 is 0.266 bits per heavy atom. The molecule has 0 aliphatic heterocycles. The molecule has 0 aliphatic carbocycles. The summed E-state index contributed by atoms with van der Waals surface area (Å²) < 4.78 is 16.8. The first-order valence-corrected chi connectivity index (χ1v) is 33.4. The van der Waals surface area contributed by atoms with Gasteiger partial charge in [0.1, 0.15) is 13.2 Å². The van der Waals surface area contributed by atoms with E-state index in [-0.39, 0.29) is 44.0 Å². The van der Waals surface area contributed by atoms with E-state index in [0.717, 1.165) is 83.5 Å². The molecule has 0 aromatic carbocycles. The Kier molecular flexibility index (Phi) is 63.3. The zero-order valence-electron chi connectivity index (χ0n) is 51.9. The summed E-state index contributed by atoms with van der Waals surface area (Å²) >= 11 is 0. The number of rotatable bonds is 60. The van der Waals surface area contributed by atoms with Gasteiger partial charge in [-0.25, -0.2) is 0 Å². The van der Waals surface area contributed by atoms with E-state index >= 15 is 0 Å². The predicted octanol–water partition coefficient (Wildman–Crippen LogP) is 23.0. The van der Waals surface area contributed by atoms with Crippen molar-refractivity contribution in [3.63, 3.8) is 0 Å². The lowest BCUT2D eigenvalue weighted by atomic mass is 10.0. The topological polar surface area (TPSA) is 78.9 Å². The van der Waals surface area contributed by atoms with Crippen LogP contribution in [0.5, 0.6) is 0 Å². The lowest BCUT2D eigenvalue weighted by molar-refractivity contribution is -0.166. The lowest BCUT2D eigenvalue weighted by Gasteiger charge is -2.18. The molecule has 452 valence electrons. The molecule has 0 bridgehead atoms. The summed E-state index contributed by atoms with van der Waals surface area (Å²) in [4.78, 5) is 38.2. The van der Waals surface area contributed by atoms with Gasteiger partial charge in [-0.2, -0.15) is 0 Å². The molecule has 0 saturated carbocycles. The SMILES string of the molecule is CC/C=C\C/C=C\C/C=C\C/C=C\C/C=C\CCCC(=O)OC(COC(=O)CC/C=C\C/C=C\C/C=C\C/C=C\CC)COC(=O)CCCCCCCCCCCCCCCCCCCCCCCCCCCCCCCCC. The van der Waals surface area contributed by atoms with Gasteiger partial charge < -0.3 is 14.2 Å². The Morgan fingerprint density at radius 3 is 0.835 bits per heavy atom. The van der Waals surface area contributed by atoms with E-state index in [0.29, 0.717) is 19.3 Å². The van der Waals surface area contributed by atoms with Crippen molar-refractivity contribution in [2.45, 2.75) is 322 Å². The van der Waals surface area contributed by atoms with Crippen molar-refractivity contribution in [1.82, 2.24) is 0 Å². The van der Waals surface area contributed by atoms with E-state index in [1.807, 2.05) is 12.2 Å². The minimum atomic E-state index is -0.838. The van der Waals surface area contributed by atoms with Crippen LogP contribution < -0.4 is 0 Å². The van der Waals surface area contributed by atoms with Gasteiger partial charge in [0.05, 0.1) is 0 Å². The van der Waals surface area contributed by atoms with E-state index in [1.54, 1.807) is 0 Å². The molecule has 0 radical (unpaired) electrons. The predicted molar refractivity (Wildman–Crippen MR) is 343 cm³/mol. The zero-order chi connectivity index (χ0) is 57.1. The zero-order valence-corrected chi connectivity index (χ0v) is 51.9. The van der Waals surface area contributed by atoms with Crippen LogP contribution in [0.2, 0.25) is 0 Å². The molecule has 0 fully saturated rings. The van der Waals surface area contributed by atoms with Crippen LogP contribution in [0.1, 0.15) is 316 Å². The van der Waals surface area contributed by atoms with Crippen LogP contribution in [0.25, 0.3) is 0 Å². The van der Waals surface area contributed by atoms with E-state index in [9.17, 15) is 14.4 Å². The average Bonchev–Trinajstić information content (AvgIpc) is 3.45. The van der Waals surface area contributed by atoms with Gasteiger partial charge in [0.25, 0.3) is 0 Å². The standard InChI is InChI=1S/C73H124O6/c1-4-7-10-13-16-19-22-25-27-29-30-31-32-33-34-35-36-37-38-39-40-41-42-44-45-48-51-54-57-60-63-66-72(75)78-69-70(68-77-71(74)65-62-59-56-53-50-47-24-21-18-15-12-9-6-3)79-73(76)67-64-61-58-55-52-49-46-43-28-26-23-20-17-14-11-8-5-2/h8-9,11-12,17-18,20-21,26,28,46-47,49-50,55-56,58-59,70H,4-7,10,13-16,19,22-25,27,29-45,48,51-54,57,60-69H2,1-3H3/b11-8-,12-9-,20-17-,21-18-,28-26-,49-46-,50-47-,58-55-,59-56-. The third-order valence-electron chi connectivity index (χ3n) is 14.3. The van der Waals surface area contributed by atoms with Gasteiger partial charge in [-0.05, 0) is 83.5 Å². The Bertz CT molecular complexity index is 1590. The minimum Gasteiger partial charge on any atom is -0.462 e.